The Morgan fingerprint density at radius 3 is 2.37 bits per heavy atom. The maximum Gasteiger partial charge on any atom is 0.251 e. The highest BCUT2D eigenvalue weighted by atomic mass is 16.2. The molecular formula is C26H32N2O2. The van der Waals surface area contributed by atoms with Crippen molar-refractivity contribution in [2.24, 2.45) is 5.92 Å². The standard InChI is InChI=1S/C26H32N2O2/c29-25(27-19-21-7-3-1-4-8-21)22-14-11-20(12-15-22)13-16-23-17-18-28(26(23)30)24-9-5-2-6-10-24/h1,3-4,7-8,11-12,14-15,23-24H,2,5-6,9-10,13,16-19H2,(H,27,29). The van der Waals surface area contributed by atoms with Crippen molar-refractivity contribution in [1.29, 1.82) is 0 Å². The van der Waals surface area contributed by atoms with Crippen molar-refractivity contribution in [1.82, 2.24) is 10.2 Å². The highest BCUT2D eigenvalue weighted by molar-refractivity contribution is 5.94. The molecule has 30 heavy (non-hydrogen) atoms. The fourth-order valence-electron chi connectivity index (χ4n) is 4.83. The van der Waals surface area contributed by atoms with Crippen LogP contribution in [0.2, 0.25) is 0 Å². The lowest BCUT2D eigenvalue weighted by atomic mass is 9.94. The van der Waals surface area contributed by atoms with Gasteiger partial charge in [0.2, 0.25) is 5.91 Å². The molecule has 2 amide bonds. The number of nitrogens with one attached hydrogen (secondary N) is 1. The fraction of sp³-hybridized carbons (Fsp3) is 0.462. The average molecular weight is 405 g/mol. The number of carbonyl (C=O) groups is 2. The molecule has 1 aliphatic carbocycles. The van der Waals surface area contributed by atoms with Crippen LogP contribution in [0.4, 0.5) is 0 Å². The lowest BCUT2D eigenvalue weighted by Crippen LogP contribution is -2.38. The zero-order valence-corrected chi connectivity index (χ0v) is 17.7. The maximum absolute atomic E-state index is 12.8. The molecule has 1 saturated carbocycles. The van der Waals surface area contributed by atoms with Crippen LogP contribution in [0, 0.1) is 5.92 Å². The first kappa shape index (κ1) is 20.6. The third-order valence-electron chi connectivity index (χ3n) is 6.66. The number of hydrogen-bond donors (Lipinski definition) is 1. The van der Waals surface area contributed by atoms with Crippen LogP contribution in [0.25, 0.3) is 0 Å². The van der Waals surface area contributed by atoms with E-state index in [1.165, 1.54) is 37.7 Å². The molecule has 0 bridgehead atoms. The van der Waals surface area contributed by atoms with E-state index >= 15 is 0 Å². The second-order valence-electron chi connectivity index (χ2n) is 8.71. The molecule has 4 rings (SSSR count). The Labute approximate surface area is 179 Å². The van der Waals surface area contributed by atoms with Crippen molar-refractivity contribution < 1.29 is 9.59 Å². The van der Waals surface area contributed by atoms with Gasteiger partial charge >= 0.3 is 0 Å². The number of rotatable bonds is 7. The molecule has 1 heterocycles. The number of hydrogen-bond acceptors (Lipinski definition) is 2. The molecule has 0 spiro atoms. The Hall–Kier alpha value is -2.62. The van der Waals surface area contributed by atoms with Crippen LogP contribution in [0.15, 0.2) is 54.6 Å². The zero-order valence-electron chi connectivity index (χ0n) is 17.7. The molecule has 0 aromatic heterocycles. The van der Waals surface area contributed by atoms with Gasteiger partial charge < -0.3 is 10.2 Å². The van der Waals surface area contributed by atoms with Gasteiger partial charge in [0.05, 0.1) is 0 Å². The number of amides is 2. The van der Waals surface area contributed by atoms with Gasteiger partial charge in [-0.05, 0) is 55.4 Å². The predicted molar refractivity (Wildman–Crippen MR) is 119 cm³/mol. The zero-order chi connectivity index (χ0) is 20.8. The van der Waals surface area contributed by atoms with Gasteiger partial charge in [0.1, 0.15) is 0 Å². The van der Waals surface area contributed by atoms with Crippen molar-refractivity contribution in [3.63, 3.8) is 0 Å². The molecule has 1 aliphatic heterocycles. The molecule has 0 radical (unpaired) electrons. The summed E-state index contributed by atoms with van der Waals surface area (Å²) in [6.07, 6.45) is 9.02. The van der Waals surface area contributed by atoms with E-state index in [0.29, 0.717) is 24.1 Å². The van der Waals surface area contributed by atoms with E-state index in [2.05, 4.69) is 10.2 Å². The van der Waals surface area contributed by atoms with Crippen LogP contribution in [-0.2, 0) is 17.8 Å². The van der Waals surface area contributed by atoms with Crippen LogP contribution < -0.4 is 5.32 Å². The van der Waals surface area contributed by atoms with Crippen LogP contribution in [0.1, 0.15) is 66.4 Å². The van der Waals surface area contributed by atoms with Gasteiger partial charge in [0.25, 0.3) is 5.91 Å². The van der Waals surface area contributed by atoms with E-state index in [0.717, 1.165) is 31.4 Å². The van der Waals surface area contributed by atoms with Crippen LogP contribution in [0.3, 0.4) is 0 Å². The molecule has 2 aromatic carbocycles. The summed E-state index contributed by atoms with van der Waals surface area (Å²) in [5.74, 6) is 0.485. The topological polar surface area (TPSA) is 49.4 Å². The third-order valence-corrected chi connectivity index (χ3v) is 6.66. The van der Waals surface area contributed by atoms with Gasteiger partial charge in [0, 0.05) is 30.6 Å². The maximum atomic E-state index is 12.8. The lowest BCUT2D eigenvalue weighted by Gasteiger charge is -2.31. The minimum absolute atomic E-state index is 0.0560. The minimum Gasteiger partial charge on any atom is -0.348 e. The van der Waals surface area contributed by atoms with Crippen LogP contribution >= 0.6 is 0 Å². The van der Waals surface area contributed by atoms with Crippen molar-refractivity contribution >= 4 is 11.8 Å². The summed E-state index contributed by atoms with van der Waals surface area (Å²) >= 11 is 0. The first-order valence-electron chi connectivity index (χ1n) is 11.4. The summed E-state index contributed by atoms with van der Waals surface area (Å²) in [6.45, 7) is 1.47. The van der Waals surface area contributed by atoms with Crippen molar-refractivity contribution in [2.75, 3.05) is 6.54 Å². The molecule has 4 heteroatoms. The first-order valence-corrected chi connectivity index (χ1v) is 11.4. The van der Waals surface area contributed by atoms with Gasteiger partial charge in [-0.25, -0.2) is 0 Å². The summed E-state index contributed by atoms with van der Waals surface area (Å²) in [7, 11) is 0. The highest BCUT2D eigenvalue weighted by Gasteiger charge is 2.35. The molecule has 1 N–H and O–H groups in total. The summed E-state index contributed by atoms with van der Waals surface area (Å²) in [6, 6.07) is 18.2. The molecule has 2 aliphatic rings. The summed E-state index contributed by atoms with van der Waals surface area (Å²) in [5.41, 5.74) is 2.96. The first-order chi connectivity index (χ1) is 14.7. The van der Waals surface area contributed by atoms with E-state index in [4.69, 9.17) is 0 Å². The van der Waals surface area contributed by atoms with Crippen LogP contribution in [-0.4, -0.2) is 29.3 Å². The number of likely N-dealkylation sites (tertiary alicyclic amines) is 1. The molecule has 1 saturated heterocycles. The largest absolute Gasteiger partial charge is 0.348 e. The summed E-state index contributed by atoms with van der Waals surface area (Å²) < 4.78 is 0. The predicted octanol–water partition coefficient (Wildman–Crippen LogP) is 4.73. The van der Waals surface area contributed by atoms with E-state index in [1.54, 1.807) is 0 Å². The molecule has 1 atom stereocenters. The highest BCUT2D eigenvalue weighted by Crippen LogP contribution is 2.30. The SMILES string of the molecule is O=C(NCc1ccccc1)c1ccc(CCC2CCN(C3CCCCC3)C2=O)cc1. The van der Waals surface area contributed by atoms with E-state index in [9.17, 15) is 9.59 Å². The smallest absolute Gasteiger partial charge is 0.251 e. The Kier molecular flexibility index (Phi) is 6.83. The number of benzene rings is 2. The minimum atomic E-state index is -0.0560. The lowest BCUT2D eigenvalue weighted by molar-refractivity contribution is -0.133. The quantitative estimate of drug-likeness (QED) is 0.725. The molecular weight excluding hydrogens is 372 g/mol. The van der Waals surface area contributed by atoms with Crippen LogP contribution in [0.5, 0.6) is 0 Å². The second-order valence-corrected chi connectivity index (χ2v) is 8.71. The normalized spacial score (nSPS) is 19.8. The van der Waals surface area contributed by atoms with Gasteiger partial charge in [0.15, 0.2) is 0 Å². The molecule has 4 nitrogen and oxygen atoms in total. The number of carbonyl (C=O) groups excluding carboxylic acids is 2. The molecule has 2 aromatic rings. The average Bonchev–Trinajstić information content (AvgIpc) is 3.18. The van der Waals surface area contributed by atoms with Crippen molar-refractivity contribution in [3.05, 3.63) is 71.3 Å². The van der Waals surface area contributed by atoms with Gasteiger partial charge in [-0.1, -0.05) is 61.7 Å². The Bertz CT molecular complexity index is 841. The molecule has 1 unspecified atom stereocenters. The van der Waals surface area contributed by atoms with E-state index in [-0.39, 0.29) is 11.8 Å². The monoisotopic (exact) mass is 404 g/mol. The van der Waals surface area contributed by atoms with E-state index < -0.39 is 0 Å². The van der Waals surface area contributed by atoms with E-state index in [1.807, 2.05) is 54.6 Å². The van der Waals surface area contributed by atoms with Gasteiger partial charge in [-0.3, -0.25) is 9.59 Å². The Morgan fingerprint density at radius 2 is 1.63 bits per heavy atom. The third kappa shape index (κ3) is 5.10. The van der Waals surface area contributed by atoms with Crippen molar-refractivity contribution in [2.45, 2.75) is 64.0 Å². The summed E-state index contributed by atoms with van der Waals surface area (Å²) in [5, 5.41) is 2.96. The van der Waals surface area contributed by atoms with Crippen molar-refractivity contribution in [3.8, 4) is 0 Å². The Balaban J connectivity index is 1.24. The van der Waals surface area contributed by atoms with Gasteiger partial charge in [-0.2, -0.15) is 0 Å². The number of nitrogens with zero attached hydrogens (tertiary/aromatic N) is 1. The number of aryl methyl sites for hydroxylation is 1. The molecule has 2 fully saturated rings. The Morgan fingerprint density at radius 1 is 0.900 bits per heavy atom. The fourth-order valence-corrected chi connectivity index (χ4v) is 4.83. The summed E-state index contributed by atoms with van der Waals surface area (Å²) in [4.78, 5) is 27.4. The second kappa shape index (κ2) is 9.92. The van der Waals surface area contributed by atoms with Gasteiger partial charge in [-0.15, -0.1) is 0 Å². The molecule has 158 valence electrons.